The van der Waals surface area contributed by atoms with E-state index in [-0.39, 0.29) is 18.4 Å². The highest BCUT2D eigenvalue weighted by Gasteiger charge is 2.40. The highest BCUT2D eigenvalue weighted by atomic mass is 32.1. The van der Waals surface area contributed by atoms with Crippen molar-refractivity contribution in [1.82, 2.24) is 4.90 Å². The second-order valence-electron chi connectivity index (χ2n) is 7.37. The first kappa shape index (κ1) is 18.7. The third kappa shape index (κ3) is 3.41. The number of amides is 2. The normalized spacial score (nSPS) is 16.8. The van der Waals surface area contributed by atoms with Crippen LogP contribution < -0.4 is 10.2 Å². The van der Waals surface area contributed by atoms with Gasteiger partial charge in [0.25, 0.3) is 11.8 Å². The second kappa shape index (κ2) is 7.84. The number of furan rings is 1. The van der Waals surface area contributed by atoms with Gasteiger partial charge in [0, 0.05) is 29.3 Å². The maximum absolute atomic E-state index is 13.2. The van der Waals surface area contributed by atoms with Crippen molar-refractivity contribution in [1.29, 1.82) is 0 Å². The maximum Gasteiger partial charge on any atom is 0.278 e. The summed E-state index contributed by atoms with van der Waals surface area (Å²) >= 11 is 1.44. The van der Waals surface area contributed by atoms with Gasteiger partial charge in [-0.15, -0.1) is 11.3 Å². The Morgan fingerprint density at radius 2 is 1.77 bits per heavy atom. The third-order valence-corrected chi connectivity index (χ3v) is 6.32. The molecule has 1 N–H and O–H groups in total. The molecular weight excluding hydrogens is 398 g/mol. The molecule has 1 aromatic carbocycles. The van der Waals surface area contributed by atoms with Crippen molar-refractivity contribution in [2.75, 3.05) is 23.3 Å². The Kier molecular flexibility index (Phi) is 4.88. The average molecular weight is 420 g/mol. The summed E-state index contributed by atoms with van der Waals surface area (Å²) in [5.74, 6) is -0.0862. The number of thiophene rings is 1. The van der Waals surface area contributed by atoms with E-state index in [2.05, 4.69) is 22.3 Å². The van der Waals surface area contributed by atoms with E-state index < -0.39 is 0 Å². The van der Waals surface area contributed by atoms with Gasteiger partial charge >= 0.3 is 0 Å². The van der Waals surface area contributed by atoms with E-state index in [1.54, 1.807) is 12.1 Å². The lowest BCUT2D eigenvalue weighted by Gasteiger charge is -2.18. The molecule has 2 aliphatic rings. The van der Waals surface area contributed by atoms with Gasteiger partial charge in [0.05, 0.1) is 18.4 Å². The van der Waals surface area contributed by atoms with Gasteiger partial charge in [-0.2, -0.15) is 0 Å². The minimum absolute atomic E-state index is 0.110. The molecule has 2 aliphatic heterocycles. The van der Waals surface area contributed by atoms with Crippen LogP contribution in [0, 0.1) is 0 Å². The van der Waals surface area contributed by atoms with Gasteiger partial charge in [0.1, 0.15) is 11.5 Å². The van der Waals surface area contributed by atoms with Crippen molar-refractivity contribution in [3.63, 3.8) is 0 Å². The largest absolute Gasteiger partial charge is 0.467 e. The molecule has 4 heterocycles. The lowest BCUT2D eigenvalue weighted by atomic mass is 10.1. The number of rotatable bonds is 6. The summed E-state index contributed by atoms with van der Waals surface area (Å²) in [4.78, 5) is 30.7. The molecule has 30 heavy (non-hydrogen) atoms. The number of nitrogens with one attached hydrogen (secondary N) is 1. The Morgan fingerprint density at radius 3 is 2.43 bits per heavy atom. The van der Waals surface area contributed by atoms with Crippen molar-refractivity contribution < 1.29 is 14.0 Å². The second-order valence-corrected chi connectivity index (χ2v) is 8.32. The molecule has 0 atom stereocenters. The summed E-state index contributed by atoms with van der Waals surface area (Å²) in [6.07, 6.45) is 3.98. The van der Waals surface area contributed by atoms with E-state index in [9.17, 15) is 9.59 Å². The number of imide groups is 1. The van der Waals surface area contributed by atoms with Crippen LogP contribution in [0.25, 0.3) is 5.57 Å². The Balaban J connectivity index is 1.44. The summed E-state index contributed by atoms with van der Waals surface area (Å²) in [5.41, 5.74) is 2.68. The lowest BCUT2D eigenvalue weighted by Crippen LogP contribution is -2.31. The van der Waals surface area contributed by atoms with Crippen LogP contribution in [-0.4, -0.2) is 29.8 Å². The summed E-state index contributed by atoms with van der Waals surface area (Å²) in [5, 5.41) is 5.11. The topological polar surface area (TPSA) is 65.8 Å². The standard InChI is InChI=1S/C23H21N3O3S/c27-22-20(19-6-4-14-30-19)21(23(28)26(22)15-18-5-3-13-29-18)24-16-7-9-17(10-8-16)25-11-1-2-12-25/h3-10,13-14,24H,1-2,11-12,15H2. The monoisotopic (exact) mass is 419 g/mol. The quantitative estimate of drug-likeness (QED) is 0.603. The van der Waals surface area contributed by atoms with Gasteiger partial charge in [0.15, 0.2) is 0 Å². The van der Waals surface area contributed by atoms with Gasteiger partial charge in [0.2, 0.25) is 0 Å². The molecule has 152 valence electrons. The SMILES string of the molecule is O=C1C(Nc2ccc(N3CCCC3)cc2)=C(c2cccs2)C(=O)N1Cc1ccco1. The summed E-state index contributed by atoms with van der Waals surface area (Å²) in [7, 11) is 0. The zero-order valence-corrected chi connectivity index (χ0v) is 17.2. The smallest absolute Gasteiger partial charge is 0.278 e. The Bertz CT molecular complexity index is 1080. The average Bonchev–Trinajstić information content (AvgIpc) is 3.56. The van der Waals surface area contributed by atoms with E-state index in [0.29, 0.717) is 17.0 Å². The van der Waals surface area contributed by atoms with Crippen molar-refractivity contribution in [3.05, 3.63) is 76.5 Å². The molecule has 7 heteroatoms. The molecule has 0 radical (unpaired) electrons. The van der Waals surface area contributed by atoms with Crippen LogP contribution in [0.5, 0.6) is 0 Å². The minimum atomic E-state index is -0.344. The number of hydrogen-bond donors (Lipinski definition) is 1. The van der Waals surface area contributed by atoms with Crippen LogP contribution in [0.3, 0.4) is 0 Å². The fourth-order valence-corrected chi connectivity index (χ4v) is 4.69. The van der Waals surface area contributed by atoms with E-state index in [1.807, 2.05) is 29.6 Å². The highest BCUT2D eigenvalue weighted by Crippen LogP contribution is 2.34. The van der Waals surface area contributed by atoms with Crippen LogP contribution in [0.4, 0.5) is 11.4 Å². The van der Waals surface area contributed by atoms with Crippen LogP contribution in [-0.2, 0) is 16.1 Å². The van der Waals surface area contributed by atoms with Gasteiger partial charge < -0.3 is 14.6 Å². The van der Waals surface area contributed by atoms with E-state index >= 15 is 0 Å². The summed E-state index contributed by atoms with van der Waals surface area (Å²) < 4.78 is 5.35. The molecule has 1 fully saturated rings. The molecule has 0 aliphatic carbocycles. The molecule has 2 amide bonds. The van der Waals surface area contributed by atoms with Crippen molar-refractivity contribution >= 4 is 40.1 Å². The predicted octanol–water partition coefficient (Wildman–Crippen LogP) is 4.33. The first-order chi connectivity index (χ1) is 14.7. The van der Waals surface area contributed by atoms with E-state index in [0.717, 1.165) is 23.7 Å². The van der Waals surface area contributed by atoms with Crippen LogP contribution in [0.2, 0.25) is 0 Å². The fraction of sp³-hybridized carbons (Fsp3) is 0.217. The fourth-order valence-electron chi connectivity index (χ4n) is 3.92. The van der Waals surface area contributed by atoms with Crippen molar-refractivity contribution in [2.45, 2.75) is 19.4 Å². The van der Waals surface area contributed by atoms with E-state index in [4.69, 9.17) is 4.42 Å². The Hall–Kier alpha value is -3.32. The van der Waals surface area contributed by atoms with Crippen molar-refractivity contribution in [2.24, 2.45) is 0 Å². The first-order valence-corrected chi connectivity index (χ1v) is 10.9. The van der Waals surface area contributed by atoms with Crippen LogP contribution >= 0.6 is 11.3 Å². The molecule has 0 spiro atoms. The maximum atomic E-state index is 13.2. The Labute approximate surface area is 178 Å². The lowest BCUT2D eigenvalue weighted by molar-refractivity contribution is -0.137. The van der Waals surface area contributed by atoms with Crippen molar-refractivity contribution in [3.8, 4) is 0 Å². The minimum Gasteiger partial charge on any atom is -0.467 e. The molecule has 6 nitrogen and oxygen atoms in total. The molecule has 0 saturated carbocycles. The zero-order chi connectivity index (χ0) is 20.5. The Morgan fingerprint density at radius 1 is 0.967 bits per heavy atom. The number of nitrogens with zero attached hydrogens (tertiary/aromatic N) is 2. The zero-order valence-electron chi connectivity index (χ0n) is 16.3. The molecule has 0 unspecified atom stereocenters. The van der Waals surface area contributed by atoms with Gasteiger partial charge in [-0.3, -0.25) is 14.5 Å². The van der Waals surface area contributed by atoms with Gasteiger partial charge in [-0.1, -0.05) is 6.07 Å². The number of anilines is 2. The molecule has 3 aromatic rings. The third-order valence-electron chi connectivity index (χ3n) is 5.44. The molecular formula is C23H21N3O3S. The van der Waals surface area contributed by atoms with Crippen LogP contribution in [0.15, 0.2) is 70.3 Å². The van der Waals surface area contributed by atoms with E-state index in [1.165, 1.54) is 41.0 Å². The van der Waals surface area contributed by atoms with Gasteiger partial charge in [-0.05, 0) is 60.7 Å². The summed E-state index contributed by atoms with van der Waals surface area (Å²) in [6, 6.07) is 15.3. The number of hydrogen-bond acceptors (Lipinski definition) is 6. The molecule has 2 aromatic heterocycles. The number of benzene rings is 1. The predicted molar refractivity (Wildman–Crippen MR) is 117 cm³/mol. The first-order valence-electron chi connectivity index (χ1n) is 9.99. The van der Waals surface area contributed by atoms with Gasteiger partial charge in [-0.25, -0.2) is 0 Å². The number of carbonyl (C=O) groups excluding carboxylic acids is 2. The molecule has 0 bridgehead atoms. The summed E-state index contributed by atoms with van der Waals surface area (Å²) in [6.45, 7) is 2.27. The number of carbonyl (C=O) groups is 2. The molecule has 5 rings (SSSR count). The molecule has 1 saturated heterocycles. The van der Waals surface area contributed by atoms with Crippen LogP contribution in [0.1, 0.15) is 23.5 Å². The highest BCUT2D eigenvalue weighted by molar-refractivity contribution is 7.11.